The number of nitrogens with zero attached hydrogens (tertiary/aromatic N) is 2. The molecule has 0 atom stereocenters. The van der Waals surface area contributed by atoms with Gasteiger partial charge in [0.15, 0.2) is 5.03 Å². The first-order valence-electron chi connectivity index (χ1n) is 6.79. The van der Waals surface area contributed by atoms with Crippen LogP contribution in [0.2, 0.25) is 0 Å². The van der Waals surface area contributed by atoms with E-state index in [1.54, 1.807) is 24.7 Å². The van der Waals surface area contributed by atoms with Crippen LogP contribution >= 0.6 is 0 Å². The first-order chi connectivity index (χ1) is 10.1. The van der Waals surface area contributed by atoms with Gasteiger partial charge in [0.05, 0.1) is 12.0 Å². The lowest BCUT2D eigenvalue weighted by atomic mass is 10.3. The number of rotatable bonds is 8. The summed E-state index contributed by atoms with van der Waals surface area (Å²) in [7, 11) is -3.63. The summed E-state index contributed by atoms with van der Waals surface area (Å²) in [6.07, 6.45) is 6.16. The van der Waals surface area contributed by atoms with Crippen molar-refractivity contribution in [3.8, 4) is 0 Å². The highest BCUT2D eigenvalue weighted by Crippen LogP contribution is 2.17. The average Bonchev–Trinajstić information content (AvgIpc) is 2.98. The van der Waals surface area contributed by atoms with Crippen LogP contribution in [0.25, 0.3) is 0 Å². The van der Waals surface area contributed by atoms with Gasteiger partial charge in [0, 0.05) is 37.6 Å². The fourth-order valence-electron chi connectivity index (χ4n) is 1.81. The molecule has 0 spiro atoms. The molecule has 7 nitrogen and oxygen atoms in total. The molecule has 2 aromatic heterocycles. The minimum Gasteiger partial charge on any atom is -0.383 e. The van der Waals surface area contributed by atoms with Gasteiger partial charge >= 0.3 is 0 Å². The van der Waals surface area contributed by atoms with Gasteiger partial charge in [-0.3, -0.25) is 0 Å². The lowest BCUT2D eigenvalue weighted by Gasteiger charge is -2.11. The summed E-state index contributed by atoms with van der Waals surface area (Å²) in [5.74, 6) is 0. The second-order valence-electron chi connectivity index (χ2n) is 4.51. The number of aromatic amines is 1. The Balaban J connectivity index is 2.04. The third-order valence-corrected chi connectivity index (χ3v) is 4.25. The van der Waals surface area contributed by atoms with Crippen molar-refractivity contribution in [2.24, 2.45) is 0 Å². The molecule has 0 aliphatic rings. The lowest BCUT2D eigenvalue weighted by molar-refractivity contribution is 0.578. The summed E-state index contributed by atoms with van der Waals surface area (Å²) >= 11 is 0. The van der Waals surface area contributed by atoms with Crippen LogP contribution in [0.3, 0.4) is 0 Å². The van der Waals surface area contributed by atoms with E-state index in [4.69, 9.17) is 0 Å². The zero-order chi connectivity index (χ0) is 15.1. The molecular weight excluding hydrogens is 290 g/mol. The maximum Gasteiger partial charge on any atom is 0.260 e. The van der Waals surface area contributed by atoms with Crippen LogP contribution in [-0.2, 0) is 16.4 Å². The normalized spacial score (nSPS) is 11.5. The van der Waals surface area contributed by atoms with Crippen molar-refractivity contribution in [1.82, 2.24) is 19.7 Å². The molecule has 21 heavy (non-hydrogen) atoms. The number of hydrogen-bond acceptors (Lipinski definition) is 5. The number of hydrogen-bond donors (Lipinski definition) is 3. The summed E-state index contributed by atoms with van der Waals surface area (Å²) in [6, 6.07) is 3.42. The second kappa shape index (κ2) is 7.19. The molecule has 0 aliphatic carbocycles. The van der Waals surface area contributed by atoms with Crippen LogP contribution in [0.4, 0.5) is 5.69 Å². The first-order valence-corrected chi connectivity index (χ1v) is 8.27. The maximum atomic E-state index is 12.3. The van der Waals surface area contributed by atoms with Crippen molar-refractivity contribution in [3.05, 3.63) is 36.5 Å². The highest BCUT2D eigenvalue weighted by Gasteiger charge is 2.19. The lowest BCUT2D eigenvalue weighted by Crippen LogP contribution is -2.27. The van der Waals surface area contributed by atoms with E-state index in [9.17, 15) is 8.42 Å². The fourth-order valence-corrected chi connectivity index (χ4v) is 2.95. The zero-order valence-corrected chi connectivity index (χ0v) is 12.7. The van der Waals surface area contributed by atoms with Crippen molar-refractivity contribution in [1.29, 1.82) is 0 Å². The Kier molecular flexibility index (Phi) is 5.29. The summed E-state index contributed by atoms with van der Waals surface area (Å²) in [5, 5.41) is 3.11. The quantitative estimate of drug-likeness (QED) is 0.679. The third kappa shape index (κ3) is 4.27. The van der Waals surface area contributed by atoms with Crippen molar-refractivity contribution < 1.29 is 8.42 Å². The van der Waals surface area contributed by atoms with Crippen LogP contribution in [-0.4, -0.2) is 36.5 Å². The molecule has 0 saturated carbocycles. The highest BCUT2D eigenvalue weighted by atomic mass is 32.2. The molecule has 0 fully saturated rings. The van der Waals surface area contributed by atoms with Gasteiger partial charge in [0.1, 0.15) is 0 Å². The molecule has 8 heteroatoms. The van der Waals surface area contributed by atoms with Crippen molar-refractivity contribution in [2.75, 3.05) is 18.4 Å². The molecule has 0 aromatic carbocycles. The summed E-state index contributed by atoms with van der Waals surface area (Å²) in [4.78, 5) is 10.8. The van der Waals surface area contributed by atoms with Crippen LogP contribution in [0, 0.1) is 0 Å². The molecular formula is C13H19N5O2S. The van der Waals surface area contributed by atoms with Gasteiger partial charge in [0.25, 0.3) is 10.0 Å². The Morgan fingerprint density at radius 1 is 1.33 bits per heavy atom. The molecule has 0 amide bonds. The number of sulfonamides is 1. The van der Waals surface area contributed by atoms with E-state index in [1.165, 1.54) is 6.20 Å². The SMILES string of the molecule is CCCNc1cccnc1S(=O)(=O)NCCc1cnc[nH]1. The van der Waals surface area contributed by atoms with E-state index >= 15 is 0 Å². The van der Waals surface area contributed by atoms with E-state index in [0.717, 1.165) is 12.1 Å². The zero-order valence-electron chi connectivity index (χ0n) is 11.8. The van der Waals surface area contributed by atoms with E-state index in [2.05, 4.69) is 25.0 Å². The van der Waals surface area contributed by atoms with Gasteiger partial charge in [-0.15, -0.1) is 0 Å². The van der Waals surface area contributed by atoms with Crippen LogP contribution in [0.15, 0.2) is 35.9 Å². The first kappa shape index (κ1) is 15.5. The van der Waals surface area contributed by atoms with Gasteiger partial charge in [-0.1, -0.05) is 6.92 Å². The minimum absolute atomic E-state index is 0.0306. The van der Waals surface area contributed by atoms with Crippen molar-refractivity contribution >= 4 is 15.7 Å². The van der Waals surface area contributed by atoms with Gasteiger partial charge in [-0.2, -0.15) is 0 Å². The standard InChI is InChI=1S/C13H19N5O2S/c1-2-6-15-12-4-3-7-16-13(12)21(19,20)18-8-5-11-9-14-10-17-11/h3-4,7,9-10,15,18H,2,5-6,8H2,1H3,(H,14,17). The molecule has 0 saturated heterocycles. The molecule has 3 N–H and O–H groups in total. The van der Waals surface area contributed by atoms with E-state index in [1.807, 2.05) is 6.92 Å². The fraction of sp³-hybridized carbons (Fsp3) is 0.385. The molecule has 0 bridgehead atoms. The largest absolute Gasteiger partial charge is 0.383 e. The Morgan fingerprint density at radius 3 is 2.90 bits per heavy atom. The van der Waals surface area contributed by atoms with E-state index in [0.29, 0.717) is 18.7 Å². The molecule has 0 aliphatic heterocycles. The monoisotopic (exact) mass is 309 g/mol. The Labute approximate surface area is 124 Å². The Morgan fingerprint density at radius 2 is 2.19 bits per heavy atom. The maximum absolute atomic E-state index is 12.3. The molecule has 2 heterocycles. The second-order valence-corrected chi connectivity index (χ2v) is 6.19. The number of pyridine rings is 1. The Bertz CT molecular complexity index is 655. The molecule has 2 rings (SSSR count). The van der Waals surface area contributed by atoms with Crippen LogP contribution in [0.1, 0.15) is 19.0 Å². The van der Waals surface area contributed by atoms with Crippen LogP contribution < -0.4 is 10.0 Å². The van der Waals surface area contributed by atoms with E-state index < -0.39 is 10.0 Å². The smallest absolute Gasteiger partial charge is 0.260 e. The highest BCUT2D eigenvalue weighted by molar-refractivity contribution is 7.89. The van der Waals surface area contributed by atoms with Gasteiger partial charge in [-0.25, -0.2) is 23.1 Å². The minimum atomic E-state index is -3.63. The number of anilines is 1. The molecule has 114 valence electrons. The third-order valence-electron chi connectivity index (χ3n) is 2.83. The van der Waals surface area contributed by atoms with Crippen molar-refractivity contribution in [3.63, 3.8) is 0 Å². The van der Waals surface area contributed by atoms with Gasteiger partial charge in [0.2, 0.25) is 0 Å². The summed E-state index contributed by atoms with van der Waals surface area (Å²) < 4.78 is 27.2. The summed E-state index contributed by atoms with van der Waals surface area (Å²) in [5.41, 5.74) is 1.40. The molecule has 0 unspecified atom stereocenters. The molecule has 2 aromatic rings. The van der Waals surface area contributed by atoms with Crippen LogP contribution in [0.5, 0.6) is 0 Å². The van der Waals surface area contributed by atoms with Gasteiger partial charge < -0.3 is 10.3 Å². The van der Waals surface area contributed by atoms with Crippen molar-refractivity contribution in [2.45, 2.75) is 24.8 Å². The van der Waals surface area contributed by atoms with Gasteiger partial charge in [-0.05, 0) is 18.6 Å². The average molecular weight is 309 g/mol. The van der Waals surface area contributed by atoms with E-state index in [-0.39, 0.29) is 11.6 Å². The summed E-state index contributed by atoms with van der Waals surface area (Å²) in [6.45, 7) is 3.00. The number of nitrogens with one attached hydrogen (secondary N) is 3. The predicted molar refractivity (Wildman–Crippen MR) is 80.5 cm³/mol. The number of imidazole rings is 1. The number of aromatic nitrogens is 3. The molecule has 0 radical (unpaired) electrons. The predicted octanol–water partition coefficient (Wildman–Crippen LogP) is 1.15. The topological polar surface area (TPSA) is 99.8 Å². The Hall–Kier alpha value is -1.93. The number of H-pyrrole nitrogens is 1.